The van der Waals surface area contributed by atoms with Crippen molar-refractivity contribution in [1.29, 1.82) is 0 Å². The largest absolute Gasteiger partial charge is 0.456 e. The Labute approximate surface area is 303 Å². The third-order valence-corrected chi connectivity index (χ3v) is 11.4. The van der Waals surface area contributed by atoms with Crippen LogP contribution in [0.2, 0.25) is 0 Å². The maximum Gasteiger partial charge on any atom is 0.159 e. The Morgan fingerprint density at radius 1 is 0.365 bits per heavy atom. The van der Waals surface area contributed by atoms with Crippen LogP contribution < -0.4 is 4.90 Å². The van der Waals surface area contributed by atoms with Crippen LogP contribution in [0.3, 0.4) is 0 Å². The summed E-state index contributed by atoms with van der Waals surface area (Å²) >= 11 is 1.83. The van der Waals surface area contributed by atoms with E-state index in [0.29, 0.717) is 0 Å². The Morgan fingerprint density at radius 2 is 0.981 bits per heavy atom. The zero-order valence-electron chi connectivity index (χ0n) is 27.9. The van der Waals surface area contributed by atoms with Gasteiger partial charge in [-0.3, -0.25) is 0 Å². The predicted octanol–water partition coefficient (Wildman–Crippen LogP) is 14.7. The fourth-order valence-corrected chi connectivity index (χ4v) is 9.11. The van der Waals surface area contributed by atoms with Gasteiger partial charge in [0, 0.05) is 53.0 Å². The molecule has 8 aromatic carbocycles. The van der Waals surface area contributed by atoms with Gasteiger partial charge in [-0.25, -0.2) is 0 Å². The summed E-state index contributed by atoms with van der Waals surface area (Å²) in [5.74, 6) is 0. The Balaban J connectivity index is 1.16. The second-order valence-corrected chi connectivity index (χ2v) is 14.3. The molecular formula is C48H29NO2S. The lowest BCUT2D eigenvalue weighted by Crippen LogP contribution is -2.10. The number of hydrogen-bond acceptors (Lipinski definition) is 4. The van der Waals surface area contributed by atoms with Gasteiger partial charge in [-0.2, -0.15) is 0 Å². The average molecular weight is 684 g/mol. The molecule has 0 spiro atoms. The van der Waals surface area contributed by atoms with E-state index in [0.717, 1.165) is 83.2 Å². The molecule has 3 heterocycles. The van der Waals surface area contributed by atoms with E-state index in [1.165, 1.54) is 20.2 Å². The molecule has 3 aromatic heterocycles. The number of para-hydroxylation sites is 3. The molecule has 0 radical (unpaired) electrons. The quantitative estimate of drug-likeness (QED) is 0.181. The van der Waals surface area contributed by atoms with Gasteiger partial charge in [0.2, 0.25) is 0 Å². The summed E-state index contributed by atoms with van der Waals surface area (Å²) in [6.45, 7) is 0. The third-order valence-electron chi connectivity index (χ3n) is 10.3. The number of rotatable bonds is 5. The minimum Gasteiger partial charge on any atom is -0.456 e. The topological polar surface area (TPSA) is 29.5 Å². The number of fused-ring (bicyclic) bond motifs is 9. The summed E-state index contributed by atoms with van der Waals surface area (Å²) < 4.78 is 15.8. The van der Waals surface area contributed by atoms with E-state index in [4.69, 9.17) is 8.83 Å². The van der Waals surface area contributed by atoms with E-state index in [-0.39, 0.29) is 0 Å². The van der Waals surface area contributed by atoms with Crippen molar-refractivity contribution in [2.75, 3.05) is 4.90 Å². The summed E-state index contributed by atoms with van der Waals surface area (Å²) in [7, 11) is 0. The van der Waals surface area contributed by atoms with Crippen LogP contribution >= 0.6 is 11.3 Å². The standard InChI is InChI=1S/C48H29NO2S/c1-2-12-30(13-3-1)34-17-8-18-35-36-19-9-21-40(48(36)51-47(34)35)49(39-20-11-25-44-46(39)38-15-5-7-24-43(38)52-44)32-28-26-31(27-29-32)33-16-10-23-42-45(33)37-14-4-6-22-41(37)50-42/h1-29H. The van der Waals surface area contributed by atoms with E-state index in [2.05, 4.69) is 169 Å². The van der Waals surface area contributed by atoms with Crippen LogP contribution in [0.15, 0.2) is 185 Å². The summed E-state index contributed by atoms with van der Waals surface area (Å²) in [6, 6.07) is 62.4. The van der Waals surface area contributed by atoms with Crippen LogP contribution in [0.4, 0.5) is 17.1 Å². The van der Waals surface area contributed by atoms with E-state index < -0.39 is 0 Å². The van der Waals surface area contributed by atoms with Crippen LogP contribution in [0.25, 0.3) is 86.3 Å². The van der Waals surface area contributed by atoms with E-state index >= 15 is 0 Å². The molecule has 0 aliphatic rings. The Bertz CT molecular complexity index is 3130. The first-order chi connectivity index (χ1) is 25.8. The number of nitrogens with zero attached hydrogens (tertiary/aromatic N) is 1. The van der Waals surface area contributed by atoms with Gasteiger partial charge in [-0.1, -0.05) is 127 Å². The molecule has 3 nitrogen and oxygen atoms in total. The van der Waals surface area contributed by atoms with E-state index in [1.54, 1.807) is 0 Å². The van der Waals surface area contributed by atoms with Crippen molar-refractivity contribution in [3.63, 3.8) is 0 Å². The van der Waals surface area contributed by atoms with Crippen molar-refractivity contribution in [3.8, 4) is 22.3 Å². The average Bonchev–Trinajstić information content (AvgIpc) is 3.91. The molecule has 0 aliphatic carbocycles. The third kappa shape index (κ3) is 4.38. The van der Waals surface area contributed by atoms with Gasteiger partial charge in [-0.05, 0) is 65.2 Å². The van der Waals surface area contributed by atoms with Gasteiger partial charge in [0.15, 0.2) is 5.58 Å². The number of thiophene rings is 1. The molecule has 11 aromatic rings. The molecule has 11 rings (SSSR count). The van der Waals surface area contributed by atoms with Crippen LogP contribution in [0, 0.1) is 0 Å². The molecule has 244 valence electrons. The van der Waals surface area contributed by atoms with E-state index in [1.807, 2.05) is 23.5 Å². The zero-order chi connectivity index (χ0) is 34.2. The van der Waals surface area contributed by atoms with Crippen LogP contribution in [-0.2, 0) is 0 Å². The summed E-state index contributed by atoms with van der Waals surface area (Å²) in [5, 5.41) is 6.95. The minimum atomic E-state index is 0.858. The summed E-state index contributed by atoms with van der Waals surface area (Å²) in [5.41, 5.74) is 11.2. The zero-order valence-corrected chi connectivity index (χ0v) is 28.7. The normalized spacial score (nSPS) is 11.8. The lowest BCUT2D eigenvalue weighted by molar-refractivity contribution is 0.669. The first kappa shape index (κ1) is 29.1. The van der Waals surface area contributed by atoms with Crippen LogP contribution in [-0.4, -0.2) is 0 Å². The van der Waals surface area contributed by atoms with Gasteiger partial charge < -0.3 is 13.7 Å². The highest BCUT2D eigenvalue weighted by molar-refractivity contribution is 7.26. The molecule has 0 unspecified atom stereocenters. The van der Waals surface area contributed by atoms with Gasteiger partial charge in [-0.15, -0.1) is 11.3 Å². The Kier molecular flexibility index (Phi) is 6.42. The smallest absolute Gasteiger partial charge is 0.159 e. The minimum absolute atomic E-state index is 0.858. The fourth-order valence-electron chi connectivity index (χ4n) is 7.98. The molecular weight excluding hydrogens is 655 g/mol. The monoisotopic (exact) mass is 683 g/mol. The molecule has 0 saturated heterocycles. The maximum absolute atomic E-state index is 7.00. The van der Waals surface area contributed by atoms with Gasteiger partial charge >= 0.3 is 0 Å². The first-order valence-electron chi connectivity index (χ1n) is 17.5. The highest BCUT2D eigenvalue weighted by atomic mass is 32.1. The number of benzene rings is 8. The molecule has 0 aliphatic heterocycles. The van der Waals surface area contributed by atoms with Crippen molar-refractivity contribution in [2.45, 2.75) is 0 Å². The SMILES string of the molecule is c1ccc(-c2cccc3c2oc2c(N(c4ccc(-c5cccc6oc7ccccc7c56)cc4)c4cccc5sc6ccccc6c45)cccc23)cc1. The first-order valence-corrected chi connectivity index (χ1v) is 18.3. The van der Waals surface area contributed by atoms with Crippen LogP contribution in [0.1, 0.15) is 0 Å². The molecule has 52 heavy (non-hydrogen) atoms. The summed E-state index contributed by atoms with van der Waals surface area (Å²) in [6.07, 6.45) is 0. The molecule has 0 amide bonds. The Hall–Kier alpha value is -6.62. The second kappa shape index (κ2) is 11.5. The predicted molar refractivity (Wildman–Crippen MR) is 219 cm³/mol. The van der Waals surface area contributed by atoms with Gasteiger partial charge in [0.1, 0.15) is 16.7 Å². The number of furan rings is 2. The van der Waals surface area contributed by atoms with Crippen molar-refractivity contribution in [1.82, 2.24) is 0 Å². The van der Waals surface area contributed by atoms with Gasteiger partial charge in [0.25, 0.3) is 0 Å². The highest BCUT2D eigenvalue weighted by Crippen LogP contribution is 2.48. The fraction of sp³-hybridized carbons (Fsp3) is 0. The molecule has 4 heteroatoms. The van der Waals surface area contributed by atoms with Crippen molar-refractivity contribution >= 4 is 92.4 Å². The van der Waals surface area contributed by atoms with Crippen LogP contribution in [0.5, 0.6) is 0 Å². The van der Waals surface area contributed by atoms with Crippen molar-refractivity contribution in [2.24, 2.45) is 0 Å². The maximum atomic E-state index is 7.00. The molecule has 0 fully saturated rings. The Morgan fingerprint density at radius 3 is 1.87 bits per heavy atom. The lowest BCUT2D eigenvalue weighted by Gasteiger charge is -2.26. The van der Waals surface area contributed by atoms with Crippen molar-refractivity contribution < 1.29 is 8.83 Å². The highest BCUT2D eigenvalue weighted by Gasteiger charge is 2.23. The lowest BCUT2D eigenvalue weighted by atomic mass is 9.99. The molecule has 0 N–H and O–H groups in total. The van der Waals surface area contributed by atoms with Crippen molar-refractivity contribution in [3.05, 3.63) is 176 Å². The number of anilines is 3. The summed E-state index contributed by atoms with van der Waals surface area (Å²) in [4.78, 5) is 2.38. The number of hydrogen-bond donors (Lipinski definition) is 0. The molecule has 0 saturated carbocycles. The molecule has 0 atom stereocenters. The van der Waals surface area contributed by atoms with Gasteiger partial charge in [0.05, 0.1) is 11.4 Å². The second-order valence-electron chi connectivity index (χ2n) is 13.2. The van der Waals surface area contributed by atoms with E-state index in [9.17, 15) is 0 Å². The molecule has 0 bridgehead atoms.